The molecule has 1 aliphatic heterocycles. The van der Waals surface area contributed by atoms with E-state index in [-0.39, 0.29) is 0 Å². The van der Waals surface area contributed by atoms with Crippen molar-refractivity contribution in [2.45, 2.75) is 19.5 Å². The van der Waals surface area contributed by atoms with Gasteiger partial charge < -0.3 is 0 Å². The molecule has 0 N–H and O–H groups in total. The average Bonchev–Trinajstić information content (AvgIpc) is 2.68. The fraction of sp³-hybridized carbons (Fsp3) is 1.00. The van der Waals surface area contributed by atoms with E-state index >= 15 is 0 Å². The van der Waals surface area contributed by atoms with E-state index in [9.17, 15) is 4.57 Å². The predicted molar refractivity (Wildman–Crippen MR) is 68.0 cm³/mol. The molecule has 6 nitrogen and oxygen atoms in total. The van der Waals surface area contributed by atoms with Gasteiger partial charge in [-0.05, 0) is 20.5 Å². The lowest BCUT2D eigenvalue weighted by Gasteiger charge is -2.22. The first kappa shape index (κ1) is 17.0. The summed E-state index contributed by atoms with van der Waals surface area (Å²) in [6.45, 7) is 4.70. The first-order valence-electron chi connectivity index (χ1n) is 5.61. The lowest BCUT2D eigenvalue weighted by atomic mass is 10.3. The molecule has 1 aliphatic rings. The number of phosphoric ester groups is 1. The SMILES string of the molecule is CCC1N(C)CCN1C.COP(=O)(OC)OC. The van der Waals surface area contributed by atoms with Gasteiger partial charge in [-0.2, -0.15) is 0 Å². The zero-order chi connectivity index (χ0) is 13.5. The smallest absolute Gasteiger partial charge is 0.290 e. The minimum absolute atomic E-state index is 0.699. The van der Waals surface area contributed by atoms with E-state index in [0.717, 1.165) is 0 Å². The second kappa shape index (κ2) is 8.19. The molecule has 17 heavy (non-hydrogen) atoms. The van der Waals surface area contributed by atoms with Crippen molar-refractivity contribution >= 4 is 7.82 Å². The lowest BCUT2D eigenvalue weighted by Crippen LogP contribution is -2.33. The van der Waals surface area contributed by atoms with Crippen LogP contribution in [0, 0.1) is 0 Å². The fourth-order valence-corrected chi connectivity index (χ4v) is 2.24. The number of likely N-dealkylation sites (N-methyl/N-ethyl adjacent to an activating group) is 2. The molecule has 0 aromatic heterocycles. The van der Waals surface area contributed by atoms with Crippen LogP contribution in [0.4, 0.5) is 0 Å². The van der Waals surface area contributed by atoms with Gasteiger partial charge in [-0.1, -0.05) is 6.92 Å². The minimum Gasteiger partial charge on any atom is -0.290 e. The van der Waals surface area contributed by atoms with Gasteiger partial charge in [0.15, 0.2) is 0 Å². The van der Waals surface area contributed by atoms with E-state index in [1.807, 2.05) is 0 Å². The molecule has 0 aromatic rings. The molecule has 0 aliphatic carbocycles. The number of phosphoric acid groups is 1. The van der Waals surface area contributed by atoms with Gasteiger partial charge in [-0.15, -0.1) is 0 Å². The molecular formula is C10H25N2O4P. The van der Waals surface area contributed by atoms with E-state index in [1.54, 1.807) is 0 Å². The van der Waals surface area contributed by atoms with Crippen molar-refractivity contribution in [3.63, 3.8) is 0 Å². The summed E-state index contributed by atoms with van der Waals surface area (Å²) < 4.78 is 23.7. The summed E-state index contributed by atoms with van der Waals surface area (Å²) in [5.74, 6) is 0. The van der Waals surface area contributed by atoms with Crippen molar-refractivity contribution in [2.24, 2.45) is 0 Å². The van der Waals surface area contributed by atoms with Gasteiger partial charge in [0.05, 0.1) is 6.17 Å². The Hall–Kier alpha value is 0.0300. The molecule has 0 amide bonds. The Labute approximate surface area is 104 Å². The van der Waals surface area contributed by atoms with E-state index < -0.39 is 7.82 Å². The average molecular weight is 268 g/mol. The highest BCUT2D eigenvalue weighted by Gasteiger charge is 2.23. The maximum Gasteiger partial charge on any atom is 0.473 e. The Balaban J connectivity index is 0.000000304. The lowest BCUT2D eigenvalue weighted by molar-refractivity contribution is 0.178. The van der Waals surface area contributed by atoms with E-state index in [2.05, 4.69) is 44.4 Å². The number of nitrogens with zero attached hydrogens (tertiary/aromatic N) is 2. The zero-order valence-corrected chi connectivity index (χ0v) is 12.6. The second-order valence-corrected chi connectivity index (χ2v) is 5.83. The van der Waals surface area contributed by atoms with Gasteiger partial charge in [0.1, 0.15) is 0 Å². The van der Waals surface area contributed by atoms with Crippen molar-refractivity contribution in [3.8, 4) is 0 Å². The molecule has 1 heterocycles. The summed E-state index contributed by atoms with van der Waals surface area (Å²) >= 11 is 0. The maximum absolute atomic E-state index is 10.7. The maximum atomic E-state index is 10.7. The summed E-state index contributed by atoms with van der Waals surface area (Å²) in [6, 6.07) is 0. The summed E-state index contributed by atoms with van der Waals surface area (Å²) in [4.78, 5) is 4.81. The third-order valence-corrected chi connectivity index (χ3v) is 4.20. The Bertz CT molecular complexity index is 223. The number of hydrogen-bond donors (Lipinski definition) is 0. The number of hydrogen-bond acceptors (Lipinski definition) is 6. The highest BCUT2D eigenvalue weighted by Crippen LogP contribution is 2.46. The van der Waals surface area contributed by atoms with Crippen molar-refractivity contribution in [1.82, 2.24) is 9.80 Å². The Kier molecular flexibility index (Phi) is 8.20. The van der Waals surface area contributed by atoms with E-state index in [1.165, 1.54) is 40.8 Å². The van der Waals surface area contributed by atoms with Gasteiger partial charge in [0.2, 0.25) is 0 Å². The highest BCUT2D eigenvalue weighted by atomic mass is 31.2. The molecule has 7 heteroatoms. The first-order chi connectivity index (χ1) is 7.94. The summed E-state index contributed by atoms with van der Waals surface area (Å²) in [7, 11) is 5.00. The molecule has 0 spiro atoms. The Morgan fingerprint density at radius 1 is 1.06 bits per heavy atom. The molecular weight excluding hydrogens is 243 g/mol. The molecule has 104 valence electrons. The van der Waals surface area contributed by atoms with Crippen LogP contribution >= 0.6 is 7.82 Å². The molecule has 0 atom stereocenters. The largest absolute Gasteiger partial charge is 0.473 e. The van der Waals surface area contributed by atoms with E-state index in [4.69, 9.17) is 0 Å². The highest BCUT2D eigenvalue weighted by molar-refractivity contribution is 7.48. The van der Waals surface area contributed by atoms with Crippen LogP contribution in [-0.2, 0) is 18.1 Å². The van der Waals surface area contributed by atoms with Gasteiger partial charge >= 0.3 is 7.82 Å². The van der Waals surface area contributed by atoms with Crippen LogP contribution < -0.4 is 0 Å². The van der Waals surface area contributed by atoms with Crippen LogP contribution in [0.1, 0.15) is 13.3 Å². The third-order valence-electron chi connectivity index (χ3n) is 2.86. The number of rotatable bonds is 4. The van der Waals surface area contributed by atoms with Gasteiger partial charge in [0.25, 0.3) is 0 Å². The Morgan fingerprint density at radius 3 is 1.53 bits per heavy atom. The van der Waals surface area contributed by atoms with Crippen molar-refractivity contribution in [1.29, 1.82) is 0 Å². The normalized spacial score (nSPS) is 19.2. The zero-order valence-electron chi connectivity index (χ0n) is 11.7. The summed E-state index contributed by atoms with van der Waals surface area (Å²) in [5.41, 5.74) is 0. The van der Waals surface area contributed by atoms with Crippen molar-refractivity contribution < 1.29 is 18.1 Å². The molecule has 0 bridgehead atoms. The predicted octanol–water partition coefficient (Wildman–Crippen LogP) is 1.63. The standard InChI is InChI=1S/C7H16N2.C3H9O4P/c1-4-7-8(2)5-6-9(7)3;1-5-8(4,6-2)7-3/h7H,4-6H2,1-3H3;1-3H3. The van der Waals surface area contributed by atoms with E-state index in [0.29, 0.717) is 6.17 Å². The molecule has 1 saturated heterocycles. The molecule has 0 aromatic carbocycles. The topological polar surface area (TPSA) is 51.2 Å². The van der Waals surface area contributed by atoms with Crippen molar-refractivity contribution in [2.75, 3.05) is 48.5 Å². The minimum atomic E-state index is -3.16. The van der Waals surface area contributed by atoms with Crippen LogP contribution in [0.5, 0.6) is 0 Å². The molecule has 1 rings (SSSR count). The molecule has 0 radical (unpaired) electrons. The molecule has 0 unspecified atom stereocenters. The third kappa shape index (κ3) is 5.46. The van der Waals surface area contributed by atoms with Crippen LogP contribution in [-0.4, -0.2) is 64.5 Å². The first-order valence-corrected chi connectivity index (χ1v) is 7.07. The van der Waals surface area contributed by atoms with Crippen LogP contribution in [0.3, 0.4) is 0 Å². The molecule has 0 saturated carbocycles. The van der Waals surface area contributed by atoms with Gasteiger partial charge in [-0.3, -0.25) is 23.4 Å². The molecule has 1 fully saturated rings. The van der Waals surface area contributed by atoms with Crippen LogP contribution in [0.25, 0.3) is 0 Å². The van der Waals surface area contributed by atoms with Crippen molar-refractivity contribution in [3.05, 3.63) is 0 Å². The summed E-state index contributed by atoms with van der Waals surface area (Å²) in [6.07, 6.45) is 1.94. The van der Waals surface area contributed by atoms with Crippen LogP contribution in [0.2, 0.25) is 0 Å². The quantitative estimate of drug-likeness (QED) is 0.722. The monoisotopic (exact) mass is 268 g/mol. The van der Waals surface area contributed by atoms with Gasteiger partial charge in [0, 0.05) is 34.4 Å². The second-order valence-electron chi connectivity index (χ2n) is 3.85. The van der Waals surface area contributed by atoms with Crippen LogP contribution in [0.15, 0.2) is 0 Å². The van der Waals surface area contributed by atoms with Gasteiger partial charge in [-0.25, -0.2) is 4.57 Å². The summed E-state index contributed by atoms with van der Waals surface area (Å²) in [5, 5.41) is 0. The Morgan fingerprint density at radius 2 is 1.41 bits per heavy atom. The fourth-order valence-electron chi connectivity index (χ4n) is 1.80.